The van der Waals surface area contributed by atoms with Gasteiger partial charge in [-0.3, -0.25) is 0 Å². The molecule has 0 amide bonds. The molecule has 142 valence electrons. The Morgan fingerprint density at radius 1 is 1.11 bits per heavy atom. The fraction of sp³-hybridized carbons (Fsp3) is 0.417. The maximum absolute atomic E-state index is 5.40. The summed E-state index contributed by atoms with van der Waals surface area (Å²) in [6, 6.07) is 17.2. The summed E-state index contributed by atoms with van der Waals surface area (Å²) in [5, 5.41) is 1.38. The van der Waals surface area contributed by atoms with Gasteiger partial charge in [-0.25, -0.2) is 0 Å². The van der Waals surface area contributed by atoms with Crippen molar-refractivity contribution >= 4 is 10.9 Å². The zero-order chi connectivity index (χ0) is 18.5. The highest BCUT2D eigenvalue weighted by Gasteiger charge is 2.21. The van der Waals surface area contributed by atoms with Gasteiger partial charge in [0.25, 0.3) is 0 Å². The number of hydrogen-bond donors (Lipinski definition) is 1. The van der Waals surface area contributed by atoms with Crippen LogP contribution in [-0.2, 0) is 6.42 Å². The molecule has 1 aromatic heterocycles. The number of fused-ring (bicyclic) bond motifs is 1. The number of piperidine rings is 1. The minimum atomic E-state index is 0.641. The second-order valence-electron chi connectivity index (χ2n) is 7.73. The number of aryl methyl sites for hydroxylation is 1. The second kappa shape index (κ2) is 8.62. The molecule has 3 nitrogen and oxygen atoms in total. The lowest BCUT2D eigenvalue weighted by Gasteiger charge is -2.33. The van der Waals surface area contributed by atoms with E-state index in [1.807, 2.05) is 6.07 Å². The lowest BCUT2D eigenvalue weighted by Crippen LogP contribution is -2.35. The molecule has 0 bridgehead atoms. The molecule has 1 aliphatic heterocycles. The van der Waals surface area contributed by atoms with Crippen LogP contribution in [0.25, 0.3) is 10.9 Å². The smallest absolute Gasteiger partial charge is 0.119 e. The first-order valence-electron chi connectivity index (χ1n) is 10.2. The van der Waals surface area contributed by atoms with Crippen molar-refractivity contribution in [2.45, 2.75) is 38.0 Å². The number of para-hydroxylation sites is 1. The van der Waals surface area contributed by atoms with Gasteiger partial charge in [-0.2, -0.15) is 0 Å². The molecule has 1 N–H and O–H groups in total. The van der Waals surface area contributed by atoms with E-state index < -0.39 is 0 Å². The number of rotatable bonds is 7. The molecule has 3 aromatic rings. The predicted molar refractivity (Wildman–Crippen MR) is 113 cm³/mol. The van der Waals surface area contributed by atoms with E-state index in [2.05, 4.69) is 58.5 Å². The Balaban J connectivity index is 1.27. The van der Waals surface area contributed by atoms with Gasteiger partial charge in [-0.1, -0.05) is 30.3 Å². The molecule has 2 aromatic carbocycles. The van der Waals surface area contributed by atoms with Gasteiger partial charge in [-0.05, 0) is 80.4 Å². The third-order valence-corrected chi connectivity index (χ3v) is 5.92. The molecule has 3 heteroatoms. The van der Waals surface area contributed by atoms with Crippen molar-refractivity contribution in [3.63, 3.8) is 0 Å². The van der Waals surface area contributed by atoms with Gasteiger partial charge < -0.3 is 14.6 Å². The molecule has 1 atom stereocenters. The Morgan fingerprint density at radius 3 is 2.96 bits per heavy atom. The standard InChI is InChI=1S/C24H30N2O/c1-27-22-11-6-9-19(16-22)21-10-7-15-26(18-21)14-5-4-8-20-17-25-24-13-3-2-12-23(20)24/h2-3,6,9,11-13,16-17,21,25H,4-5,7-8,10,14-15,18H2,1H3. The van der Waals surface area contributed by atoms with E-state index in [0.717, 1.165) is 12.2 Å². The molecule has 0 radical (unpaired) electrons. The van der Waals surface area contributed by atoms with E-state index in [4.69, 9.17) is 4.74 Å². The number of benzene rings is 2. The highest BCUT2D eigenvalue weighted by molar-refractivity contribution is 5.82. The van der Waals surface area contributed by atoms with Gasteiger partial charge in [0, 0.05) is 23.6 Å². The Labute approximate surface area is 162 Å². The van der Waals surface area contributed by atoms with Crippen molar-refractivity contribution in [3.8, 4) is 5.75 Å². The largest absolute Gasteiger partial charge is 0.497 e. The molecule has 2 heterocycles. The third kappa shape index (κ3) is 4.36. The van der Waals surface area contributed by atoms with Crippen LogP contribution >= 0.6 is 0 Å². The minimum Gasteiger partial charge on any atom is -0.497 e. The number of hydrogen-bond acceptors (Lipinski definition) is 2. The quantitative estimate of drug-likeness (QED) is 0.572. The van der Waals surface area contributed by atoms with E-state index in [0.29, 0.717) is 5.92 Å². The summed E-state index contributed by atoms with van der Waals surface area (Å²) in [5.41, 5.74) is 4.14. The molecular weight excluding hydrogens is 332 g/mol. The average molecular weight is 363 g/mol. The summed E-state index contributed by atoms with van der Waals surface area (Å²) in [6.45, 7) is 3.64. The number of aromatic amines is 1. The second-order valence-corrected chi connectivity index (χ2v) is 7.73. The molecule has 0 saturated carbocycles. The number of nitrogens with zero attached hydrogens (tertiary/aromatic N) is 1. The van der Waals surface area contributed by atoms with Crippen LogP contribution in [0.2, 0.25) is 0 Å². The first kappa shape index (κ1) is 18.1. The summed E-state index contributed by atoms with van der Waals surface area (Å²) in [6.07, 6.45) is 8.46. The maximum atomic E-state index is 5.40. The first-order chi connectivity index (χ1) is 13.3. The Morgan fingerprint density at radius 2 is 2.04 bits per heavy atom. The van der Waals surface area contributed by atoms with E-state index in [1.54, 1.807) is 7.11 Å². The number of nitrogens with one attached hydrogen (secondary N) is 1. The van der Waals surface area contributed by atoms with Crippen LogP contribution in [0.1, 0.15) is 42.7 Å². The van der Waals surface area contributed by atoms with Crippen molar-refractivity contribution in [1.82, 2.24) is 9.88 Å². The molecule has 1 aliphatic rings. The molecule has 1 fully saturated rings. The minimum absolute atomic E-state index is 0.641. The van der Waals surface area contributed by atoms with Crippen molar-refractivity contribution < 1.29 is 4.74 Å². The number of ether oxygens (including phenoxy) is 1. The summed E-state index contributed by atoms with van der Waals surface area (Å²) in [7, 11) is 1.75. The molecule has 0 spiro atoms. The Kier molecular flexibility index (Phi) is 5.78. The fourth-order valence-corrected chi connectivity index (χ4v) is 4.42. The normalized spacial score (nSPS) is 18.0. The van der Waals surface area contributed by atoms with E-state index in [-0.39, 0.29) is 0 Å². The van der Waals surface area contributed by atoms with Gasteiger partial charge in [0.2, 0.25) is 0 Å². The predicted octanol–water partition coefficient (Wildman–Crippen LogP) is 5.38. The summed E-state index contributed by atoms with van der Waals surface area (Å²) in [4.78, 5) is 6.05. The first-order valence-corrected chi connectivity index (χ1v) is 10.2. The van der Waals surface area contributed by atoms with Gasteiger partial charge in [0.1, 0.15) is 5.75 Å². The van der Waals surface area contributed by atoms with E-state index in [1.165, 1.54) is 67.3 Å². The van der Waals surface area contributed by atoms with Crippen LogP contribution in [0.3, 0.4) is 0 Å². The van der Waals surface area contributed by atoms with Gasteiger partial charge in [0.15, 0.2) is 0 Å². The number of methoxy groups -OCH3 is 1. The van der Waals surface area contributed by atoms with Crippen molar-refractivity contribution in [1.29, 1.82) is 0 Å². The zero-order valence-electron chi connectivity index (χ0n) is 16.3. The van der Waals surface area contributed by atoms with Crippen LogP contribution < -0.4 is 4.74 Å². The monoisotopic (exact) mass is 362 g/mol. The van der Waals surface area contributed by atoms with E-state index >= 15 is 0 Å². The molecule has 0 aliphatic carbocycles. The van der Waals surface area contributed by atoms with Gasteiger partial charge in [0.05, 0.1) is 7.11 Å². The molecule has 4 rings (SSSR count). The SMILES string of the molecule is COc1cccc(C2CCCN(CCCCc3c[nH]c4ccccc34)C2)c1. The summed E-state index contributed by atoms with van der Waals surface area (Å²) >= 11 is 0. The molecule has 1 unspecified atom stereocenters. The van der Waals surface area contributed by atoms with Crippen LogP contribution in [0.15, 0.2) is 54.7 Å². The van der Waals surface area contributed by atoms with Crippen LogP contribution in [0.4, 0.5) is 0 Å². The zero-order valence-corrected chi connectivity index (χ0v) is 16.3. The van der Waals surface area contributed by atoms with E-state index in [9.17, 15) is 0 Å². The summed E-state index contributed by atoms with van der Waals surface area (Å²) < 4.78 is 5.40. The van der Waals surface area contributed by atoms with Crippen LogP contribution in [0, 0.1) is 0 Å². The Hall–Kier alpha value is -2.26. The number of H-pyrrole nitrogens is 1. The number of unbranched alkanes of at least 4 members (excludes halogenated alkanes) is 1. The number of likely N-dealkylation sites (tertiary alicyclic amines) is 1. The average Bonchev–Trinajstić information content (AvgIpc) is 3.15. The lowest BCUT2D eigenvalue weighted by molar-refractivity contribution is 0.204. The lowest BCUT2D eigenvalue weighted by atomic mass is 9.90. The topological polar surface area (TPSA) is 28.3 Å². The molecule has 1 saturated heterocycles. The Bertz CT molecular complexity index is 869. The molecule has 27 heavy (non-hydrogen) atoms. The molecular formula is C24H30N2O. The van der Waals surface area contributed by atoms with Gasteiger partial charge >= 0.3 is 0 Å². The highest BCUT2D eigenvalue weighted by atomic mass is 16.5. The van der Waals surface area contributed by atoms with Crippen molar-refractivity contribution in [2.24, 2.45) is 0 Å². The summed E-state index contributed by atoms with van der Waals surface area (Å²) in [5.74, 6) is 1.62. The third-order valence-electron chi connectivity index (χ3n) is 5.92. The fourth-order valence-electron chi connectivity index (χ4n) is 4.42. The van der Waals surface area contributed by atoms with Crippen LogP contribution in [0.5, 0.6) is 5.75 Å². The van der Waals surface area contributed by atoms with Crippen molar-refractivity contribution in [2.75, 3.05) is 26.7 Å². The van der Waals surface area contributed by atoms with Crippen LogP contribution in [-0.4, -0.2) is 36.6 Å². The highest BCUT2D eigenvalue weighted by Crippen LogP contribution is 2.29. The maximum Gasteiger partial charge on any atom is 0.119 e. The van der Waals surface area contributed by atoms with Crippen molar-refractivity contribution in [3.05, 3.63) is 65.9 Å². The van der Waals surface area contributed by atoms with Gasteiger partial charge in [-0.15, -0.1) is 0 Å². The number of aromatic nitrogens is 1.